The summed E-state index contributed by atoms with van der Waals surface area (Å²) in [6.07, 6.45) is 1.19. The van der Waals surface area contributed by atoms with Crippen molar-refractivity contribution in [2.75, 3.05) is 13.6 Å². The maximum absolute atomic E-state index is 11.7. The lowest BCUT2D eigenvalue weighted by Gasteiger charge is -2.21. The zero-order valence-corrected chi connectivity index (χ0v) is 10.7. The summed E-state index contributed by atoms with van der Waals surface area (Å²) in [6, 6.07) is 0. The number of carbonyl (C=O) groups excluding carboxylic acids is 1. The number of carboxylic acids is 1. The topological polar surface area (TPSA) is 57.6 Å². The van der Waals surface area contributed by atoms with E-state index in [9.17, 15) is 9.59 Å². The number of nitrogens with zero attached hydrogens (tertiary/aromatic N) is 1. The van der Waals surface area contributed by atoms with Crippen molar-refractivity contribution in [2.24, 2.45) is 11.8 Å². The highest BCUT2D eigenvalue weighted by atomic mass is 16.4. The minimum atomic E-state index is -0.809. The van der Waals surface area contributed by atoms with E-state index in [1.54, 1.807) is 11.9 Å². The smallest absolute Gasteiger partial charge is 0.303 e. The van der Waals surface area contributed by atoms with Gasteiger partial charge in [-0.2, -0.15) is 0 Å². The first-order valence-corrected chi connectivity index (χ1v) is 5.80. The quantitative estimate of drug-likeness (QED) is 0.726. The van der Waals surface area contributed by atoms with Gasteiger partial charge in [0.05, 0.1) is 0 Å². The second-order valence-corrected chi connectivity index (χ2v) is 4.74. The summed E-state index contributed by atoms with van der Waals surface area (Å²) in [5.74, 6) is 0.161. The molecule has 1 amide bonds. The van der Waals surface area contributed by atoms with Gasteiger partial charge < -0.3 is 10.0 Å². The van der Waals surface area contributed by atoms with Crippen LogP contribution < -0.4 is 0 Å². The third kappa shape index (κ3) is 6.43. The summed E-state index contributed by atoms with van der Waals surface area (Å²) < 4.78 is 0. The van der Waals surface area contributed by atoms with Crippen molar-refractivity contribution in [1.29, 1.82) is 0 Å². The van der Waals surface area contributed by atoms with Gasteiger partial charge in [0.1, 0.15) is 0 Å². The van der Waals surface area contributed by atoms with Gasteiger partial charge in [-0.1, -0.05) is 20.8 Å². The maximum atomic E-state index is 11.7. The molecule has 0 aromatic carbocycles. The molecule has 0 spiro atoms. The summed E-state index contributed by atoms with van der Waals surface area (Å²) in [5, 5.41) is 8.48. The van der Waals surface area contributed by atoms with E-state index in [0.717, 1.165) is 0 Å². The van der Waals surface area contributed by atoms with Gasteiger partial charge in [0.2, 0.25) is 5.91 Å². The molecule has 0 aliphatic heterocycles. The fourth-order valence-corrected chi connectivity index (χ4v) is 1.26. The number of amides is 1. The van der Waals surface area contributed by atoms with E-state index in [4.69, 9.17) is 5.11 Å². The Morgan fingerprint density at radius 3 is 2.25 bits per heavy atom. The molecule has 0 aliphatic carbocycles. The lowest BCUT2D eigenvalue weighted by molar-refractivity contribution is -0.138. The van der Waals surface area contributed by atoms with Crippen LogP contribution in [-0.4, -0.2) is 35.5 Å². The molecule has 0 fully saturated rings. The van der Waals surface area contributed by atoms with Crippen LogP contribution in [0.4, 0.5) is 0 Å². The van der Waals surface area contributed by atoms with Crippen LogP contribution in [-0.2, 0) is 9.59 Å². The van der Waals surface area contributed by atoms with Crippen LogP contribution in [0.3, 0.4) is 0 Å². The zero-order chi connectivity index (χ0) is 12.7. The number of carbonyl (C=O) groups is 2. The summed E-state index contributed by atoms with van der Waals surface area (Å²) >= 11 is 0. The second kappa shape index (κ2) is 7.25. The van der Waals surface area contributed by atoms with E-state index >= 15 is 0 Å². The second-order valence-electron chi connectivity index (χ2n) is 4.74. The Morgan fingerprint density at radius 2 is 1.81 bits per heavy atom. The average Bonchev–Trinajstić information content (AvgIpc) is 2.16. The van der Waals surface area contributed by atoms with Crippen LogP contribution in [0.2, 0.25) is 0 Å². The molecule has 0 saturated heterocycles. The van der Waals surface area contributed by atoms with Gasteiger partial charge in [-0.3, -0.25) is 9.59 Å². The molecule has 0 saturated carbocycles. The van der Waals surface area contributed by atoms with Gasteiger partial charge in [-0.15, -0.1) is 0 Å². The predicted molar refractivity (Wildman–Crippen MR) is 63.1 cm³/mol. The molecule has 4 heteroatoms. The first-order chi connectivity index (χ1) is 7.34. The Bertz CT molecular complexity index is 238. The average molecular weight is 229 g/mol. The zero-order valence-electron chi connectivity index (χ0n) is 10.7. The number of aliphatic carboxylic acids is 1. The van der Waals surface area contributed by atoms with E-state index in [0.29, 0.717) is 31.2 Å². The minimum absolute atomic E-state index is 0.103. The molecule has 4 nitrogen and oxygen atoms in total. The summed E-state index contributed by atoms with van der Waals surface area (Å²) in [4.78, 5) is 23.7. The van der Waals surface area contributed by atoms with E-state index in [2.05, 4.69) is 20.8 Å². The Labute approximate surface area is 97.6 Å². The lowest BCUT2D eigenvalue weighted by Crippen LogP contribution is -2.30. The van der Waals surface area contributed by atoms with Gasteiger partial charge in [0.15, 0.2) is 0 Å². The highest BCUT2D eigenvalue weighted by Gasteiger charge is 2.15. The first kappa shape index (κ1) is 14.9. The van der Waals surface area contributed by atoms with Crippen molar-refractivity contribution in [2.45, 2.75) is 40.0 Å². The number of rotatable bonds is 7. The Hall–Kier alpha value is -1.06. The molecule has 94 valence electrons. The molecule has 0 aliphatic rings. The summed E-state index contributed by atoms with van der Waals surface area (Å²) in [6.45, 7) is 6.79. The Morgan fingerprint density at radius 1 is 1.25 bits per heavy atom. The van der Waals surface area contributed by atoms with Crippen molar-refractivity contribution in [3.8, 4) is 0 Å². The third-order valence-electron chi connectivity index (χ3n) is 2.94. The summed E-state index contributed by atoms with van der Waals surface area (Å²) in [5.41, 5.74) is 0. The Kier molecular flexibility index (Phi) is 6.77. The number of hydrogen-bond acceptors (Lipinski definition) is 2. The van der Waals surface area contributed by atoms with Crippen molar-refractivity contribution < 1.29 is 14.7 Å². The molecule has 0 aromatic rings. The number of hydrogen-bond donors (Lipinski definition) is 1. The van der Waals surface area contributed by atoms with Crippen molar-refractivity contribution >= 4 is 11.9 Å². The van der Waals surface area contributed by atoms with Crippen LogP contribution in [0.1, 0.15) is 40.0 Å². The molecular formula is C12H23NO3. The number of carboxylic acid groups (broad SMARTS) is 1. The van der Waals surface area contributed by atoms with Crippen LogP contribution in [0.5, 0.6) is 0 Å². The predicted octanol–water partition coefficient (Wildman–Crippen LogP) is 1.99. The standard InChI is InChI=1S/C12H23NO3/c1-9(2)10(3)8-11(14)13(4)7-5-6-12(15)16/h9-10H,5-8H2,1-4H3,(H,15,16). The minimum Gasteiger partial charge on any atom is -0.481 e. The normalized spacial score (nSPS) is 12.6. The van der Waals surface area contributed by atoms with E-state index in [1.165, 1.54) is 0 Å². The van der Waals surface area contributed by atoms with E-state index < -0.39 is 5.97 Å². The molecule has 0 radical (unpaired) electrons. The van der Waals surface area contributed by atoms with Crippen LogP contribution in [0.15, 0.2) is 0 Å². The fraction of sp³-hybridized carbons (Fsp3) is 0.833. The molecule has 1 unspecified atom stereocenters. The van der Waals surface area contributed by atoms with Crippen molar-refractivity contribution in [1.82, 2.24) is 4.90 Å². The Balaban J connectivity index is 3.86. The van der Waals surface area contributed by atoms with Gasteiger partial charge in [0, 0.05) is 26.4 Å². The van der Waals surface area contributed by atoms with Crippen molar-refractivity contribution in [3.05, 3.63) is 0 Å². The van der Waals surface area contributed by atoms with E-state index in [1.807, 2.05) is 0 Å². The summed E-state index contributed by atoms with van der Waals surface area (Å²) in [7, 11) is 1.73. The van der Waals surface area contributed by atoms with Crippen molar-refractivity contribution in [3.63, 3.8) is 0 Å². The monoisotopic (exact) mass is 229 g/mol. The molecule has 16 heavy (non-hydrogen) atoms. The molecule has 0 aromatic heterocycles. The van der Waals surface area contributed by atoms with Gasteiger partial charge in [-0.05, 0) is 18.3 Å². The van der Waals surface area contributed by atoms with Gasteiger partial charge >= 0.3 is 5.97 Å². The molecule has 0 bridgehead atoms. The fourth-order valence-electron chi connectivity index (χ4n) is 1.26. The van der Waals surface area contributed by atoms with Crippen LogP contribution >= 0.6 is 0 Å². The molecular weight excluding hydrogens is 206 g/mol. The molecule has 0 rings (SSSR count). The maximum Gasteiger partial charge on any atom is 0.303 e. The van der Waals surface area contributed by atoms with E-state index in [-0.39, 0.29) is 12.3 Å². The molecule has 0 heterocycles. The van der Waals surface area contributed by atoms with Crippen LogP contribution in [0, 0.1) is 11.8 Å². The molecule has 1 N–H and O–H groups in total. The first-order valence-electron chi connectivity index (χ1n) is 5.80. The van der Waals surface area contributed by atoms with Gasteiger partial charge in [0.25, 0.3) is 0 Å². The highest BCUT2D eigenvalue weighted by Crippen LogP contribution is 2.15. The molecule has 1 atom stereocenters. The third-order valence-corrected chi connectivity index (χ3v) is 2.94. The SMILES string of the molecule is CC(C)C(C)CC(=O)N(C)CCCC(=O)O. The van der Waals surface area contributed by atoms with Gasteiger partial charge in [-0.25, -0.2) is 0 Å². The largest absolute Gasteiger partial charge is 0.481 e. The van der Waals surface area contributed by atoms with Crippen LogP contribution in [0.25, 0.3) is 0 Å². The highest BCUT2D eigenvalue weighted by molar-refractivity contribution is 5.76. The lowest BCUT2D eigenvalue weighted by atomic mass is 9.94.